The third kappa shape index (κ3) is 5.77. The van der Waals surface area contributed by atoms with Crippen LogP contribution in [0.2, 0.25) is 0 Å². The van der Waals surface area contributed by atoms with Crippen LogP contribution in [0.5, 0.6) is 0 Å². The Labute approximate surface area is 151 Å². The van der Waals surface area contributed by atoms with Crippen LogP contribution in [0.4, 0.5) is 24.5 Å². The van der Waals surface area contributed by atoms with E-state index in [9.17, 15) is 28.1 Å². The highest BCUT2D eigenvalue weighted by Crippen LogP contribution is 2.22. The summed E-state index contributed by atoms with van der Waals surface area (Å²) in [6, 6.07) is 0. The Hall–Kier alpha value is -2.96. The number of rotatable bonds is 8. The predicted octanol–water partition coefficient (Wildman–Crippen LogP) is 2.17. The highest BCUT2D eigenvalue weighted by Gasteiger charge is 2.27. The second-order valence-corrected chi connectivity index (χ2v) is 5.66. The van der Waals surface area contributed by atoms with Gasteiger partial charge in [-0.15, -0.1) is 0 Å². The number of carbonyl (C=O) groups is 1. The molecule has 0 saturated heterocycles. The second-order valence-electron chi connectivity index (χ2n) is 5.66. The van der Waals surface area contributed by atoms with Gasteiger partial charge in [-0.05, 0) is 13.8 Å². The molecule has 10 nitrogen and oxygen atoms in total. The predicted molar refractivity (Wildman–Crippen MR) is 85.8 cm³/mol. The molecule has 13 heteroatoms. The minimum atomic E-state index is -4.43. The molecular formula is C14H17F3N6O4. The molecule has 0 radical (unpaired) electrons. The number of aryl methyl sites for hydroxylation is 2. The number of carbonyl (C=O) groups excluding carboxylic acids is 1. The van der Waals surface area contributed by atoms with Gasteiger partial charge in [-0.1, -0.05) is 0 Å². The molecule has 0 aromatic carbocycles. The first-order valence-electron chi connectivity index (χ1n) is 7.72. The summed E-state index contributed by atoms with van der Waals surface area (Å²) in [5.74, 6) is -0.402. The lowest BCUT2D eigenvalue weighted by Gasteiger charge is -2.07. The summed E-state index contributed by atoms with van der Waals surface area (Å²) in [6.07, 6.45) is -1.84. The Morgan fingerprint density at radius 2 is 2.11 bits per heavy atom. The van der Waals surface area contributed by atoms with E-state index in [1.807, 2.05) is 0 Å². The van der Waals surface area contributed by atoms with E-state index >= 15 is 0 Å². The molecule has 1 N–H and O–H groups in total. The monoisotopic (exact) mass is 390 g/mol. The van der Waals surface area contributed by atoms with E-state index in [1.54, 1.807) is 6.92 Å². The molecule has 0 fully saturated rings. The SMILES string of the molecule is Cc1nn(CCC(=O)Nc2cnn(COCC(F)(F)F)c2)c(C)c1[N+](=O)[O-]. The molecule has 0 bridgehead atoms. The van der Waals surface area contributed by atoms with Gasteiger partial charge in [0.1, 0.15) is 24.7 Å². The van der Waals surface area contributed by atoms with Gasteiger partial charge in [-0.2, -0.15) is 23.4 Å². The first kappa shape index (κ1) is 20.4. The number of ether oxygens (including phenoxy) is 1. The summed E-state index contributed by atoms with van der Waals surface area (Å²) in [5, 5.41) is 21.3. The molecule has 0 unspecified atom stereocenters. The van der Waals surface area contributed by atoms with Crippen LogP contribution in [0.3, 0.4) is 0 Å². The van der Waals surface area contributed by atoms with Crippen molar-refractivity contribution in [2.45, 2.75) is 39.7 Å². The van der Waals surface area contributed by atoms with Gasteiger partial charge in [0.25, 0.3) is 0 Å². The van der Waals surface area contributed by atoms with Crippen LogP contribution in [0.15, 0.2) is 12.4 Å². The molecule has 2 aromatic rings. The lowest BCUT2D eigenvalue weighted by molar-refractivity contribution is -0.386. The van der Waals surface area contributed by atoms with Gasteiger partial charge in [-0.25, -0.2) is 4.68 Å². The van der Waals surface area contributed by atoms with E-state index < -0.39 is 30.3 Å². The second kappa shape index (κ2) is 8.16. The topological polar surface area (TPSA) is 117 Å². The standard InChI is InChI=1S/C14H17F3N6O4/c1-9-13(23(25)26)10(2)22(20-9)4-3-12(24)19-11-5-18-21(6-11)8-27-7-14(15,16)17/h5-6H,3-4,7-8H2,1-2H3,(H,19,24). The van der Waals surface area contributed by atoms with Crippen molar-refractivity contribution in [3.8, 4) is 0 Å². The molecule has 0 spiro atoms. The summed E-state index contributed by atoms with van der Waals surface area (Å²) >= 11 is 0. The molecule has 0 atom stereocenters. The average Bonchev–Trinajstić information content (AvgIpc) is 3.08. The van der Waals surface area contributed by atoms with E-state index in [1.165, 1.54) is 24.0 Å². The van der Waals surface area contributed by atoms with Crippen molar-refractivity contribution in [1.82, 2.24) is 19.6 Å². The number of halogens is 3. The zero-order valence-corrected chi connectivity index (χ0v) is 14.5. The average molecular weight is 390 g/mol. The Morgan fingerprint density at radius 1 is 1.41 bits per heavy atom. The van der Waals surface area contributed by atoms with Crippen molar-refractivity contribution in [1.29, 1.82) is 0 Å². The minimum absolute atomic E-state index is 0.00509. The number of amides is 1. The Bertz CT molecular complexity index is 829. The summed E-state index contributed by atoms with van der Waals surface area (Å²) in [4.78, 5) is 22.4. The number of nitrogens with one attached hydrogen (secondary N) is 1. The number of alkyl halides is 3. The molecule has 0 aliphatic heterocycles. The Morgan fingerprint density at radius 3 is 2.70 bits per heavy atom. The summed E-state index contributed by atoms with van der Waals surface area (Å²) < 4.78 is 42.9. The van der Waals surface area contributed by atoms with Crippen LogP contribution in [-0.2, 0) is 22.8 Å². The van der Waals surface area contributed by atoms with Crippen molar-refractivity contribution in [2.75, 3.05) is 11.9 Å². The smallest absolute Gasteiger partial charge is 0.350 e. The van der Waals surface area contributed by atoms with Crippen molar-refractivity contribution in [3.05, 3.63) is 33.9 Å². The van der Waals surface area contributed by atoms with Gasteiger partial charge in [0.15, 0.2) is 0 Å². The third-order valence-corrected chi connectivity index (χ3v) is 3.48. The van der Waals surface area contributed by atoms with Crippen LogP contribution in [-0.4, -0.2) is 43.2 Å². The molecule has 2 rings (SSSR count). The Balaban J connectivity index is 1.85. The highest BCUT2D eigenvalue weighted by atomic mass is 19.4. The van der Waals surface area contributed by atoms with Gasteiger partial charge < -0.3 is 10.1 Å². The number of nitro groups is 1. The third-order valence-electron chi connectivity index (χ3n) is 3.48. The molecule has 0 aliphatic carbocycles. The van der Waals surface area contributed by atoms with E-state index in [0.29, 0.717) is 5.69 Å². The maximum absolute atomic E-state index is 12.0. The maximum Gasteiger partial charge on any atom is 0.411 e. The van der Waals surface area contributed by atoms with E-state index in [4.69, 9.17) is 0 Å². The molecule has 1 amide bonds. The van der Waals surface area contributed by atoms with Crippen LogP contribution < -0.4 is 5.32 Å². The van der Waals surface area contributed by atoms with Crippen LogP contribution in [0.1, 0.15) is 17.8 Å². The number of nitrogens with zero attached hydrogens (tertiary/aromatic N) is 5. The molecule has 0 aliphatic rings. The number of hydrogen-bond acceptors (Lipinski definition) is 6. The van der Waals surface area contributed by atoms with Gasteiger partial charge in [-0.3, -0.25) is 19.6 Å². The maximum atomic E-state index is 12.0. The first-order chi connectivity index (χ1) is 12.6. The first-order valence-corrected chi connectivity index (χ1v) is 7.72. The molecule has 27 heavy (non-hydrogen) atoms. The van der Waals surface area contributed by atoms with E-state index in [0.717, 1.165) is 4.68 Å². The molecule has 0 saturated carbocycles. The van der Waals surface area contributed by atoms with E-state index in [2.05, 4.69) is 20.3 Å². The van der Waals surface area contributed by atoms with Crippen molar-refractivity contribution >= 4 is 17.3 Å². The van der Waals surface area contributed by atoms with E-state index in [-0.39, 0.29) is 30.0 Å². The lowest BCUT2D eigenvalue weighted by atomic mass is 10.3. The fraction of sp³-hybridized carbons (Fsp3) is 0.500. The number of aromatic nitrogens is 4. The summed E-state index contributed by atoms with van der Waals surface area (Å²) in [5.41, 5.74) is 0.809. The van der Waals surface area contributed by atoms with Crippen LogP contribution >= 0.6 is 0 Å². The molecule has 2 heterocycles. The lowest BCUT2D eigenvalue weighted by Crippen LogP contribution is -2.18. The quantitative estimate of drug-likeness (QED) is 0.545. The number of anilines is 1. The van der Waals surface area contributed by atoms with Gasteiger partial charge >= 0.3 is 11.9 Å². The van der Waals surface area contributed by atoms with Crippen LogP contribution in [0.25, 0.3) is 0 Å². The highest BCUT2D eigenvalue weighted by molar-refractivity contribution is 5.90. The molecule has 148 valence electrons. The number of hydrogen-bond donors (Lipinski definition) is 1. The van der Waals surface area contributed by atoms with Crippen molar-refractivity contribution < 1.29 is 27.6 Å². The van der Waals surface area contributed by atoms with Crippen molar-refractivity contribution in [3.63, 3.8) is 0 Å². The van der Waals surface area contributed by atoms with Gasteiger partial charge in [0, 0.05) is 6.42 Å². The normalized spacial score (nSPS) is 11.6. The minimum Gasteiger partial charge on any atom is -0.350 e. The summed E-state index contributed by atoms with van der Waals surface area (Å²) in [6.45, 7) is 1.38. The fourth-order valence-electron chi connectivity index (χ4n) is 2.35. The zero-order chi connectivity index (χ0) is 20.2. The fourth-order valence-corrected chi connectivity index (χ4v) is 2.35. The van der Waals surface area contributed by atoms with Crippen LogP contribution in [0, 0.1) is 24.0 Å². The Kier molecular flexibility index (Phi) is 6.15. The van der Waals surface area contributed by atoms with Crippen molar-refractivity contribution in [2.24, 2.45) is 0 Å². The zero-order valence-electron chi connectivity index (χ0n) is 14.5. The van der Waals surface area contributed by atoms with Gasteiger partial charge in [0.2, 0.25) is 5.91 Å². The summed E-state index contributed by atoms with van der Waals surface area (Å²) in [7, 11) is 0. The largest absolute Gasteiger partial charge is 0.411 e. The van der Waals surface area contributed by atoms with Gasteiger partial charge in [0.05, 0.1) is 29.5 Å². The molecular weight excluding hydrogens is 373 g/mol. The molecule has 2 aromatic heterocycles.